The Morgan fingerprint density at radius 1 is 1.11 bits per heavy atom. The Kier molecular flexibility index (Phi) is 9.37. The lowest BCUT2D eigenvalue weighted by Crippen LogP contribution is -2.36. The minimum atomic E-state index is -0.556. The average Bonchev–Trinajstić information content (AvgIpc) is 3.08. The van der Waals surface area contributed by atoms with E-state index in [0.29, 0.717) is 32.9 Å². The molecule has 1 aliphatic heterocycles. The molecule has 0 bridgehead atoms. The molecule has 1 fully saturated rings. The highest BCUT2D eigenvalue weighted by Crippen LogP contribution is 2.37. The van der Waals surface area contributed by atoms with Crippen LogP contribution >= 0.6 is 34.4 Å². The van der Waals surface area contributed by atoms with Crippen LogP contribution in [0.3, 0.4) is 0 Å². The second kappa shape index (κ2) is 12.3. The van der Waals surface area contributed by atoms with Gasteiger partial charge in [-0.3, -0.25) is 19.3 Å². The molecule has 1 heterocycles. The number of halogens is 1. The van der Waals surface area contributed by atoms with Gasteiger partial charge in [0.15, 0.2) is 18.1 Å². The van der Waals surface area contributed by atoms with Crippen molar-refractivity contribution in [2.24, 2.45) is 0 Å². The van der Waals surface area contributed by atoms with E-state index in [4.69, 9.17) is 9.47 Å². The van der Waals surface area contributed by atoms with Crippen LogP contribution in [0.5, 0.6) is 11.5 Å². The molecule has 11 heteroatoms. The number of nitrogens with zero attached hydrogens (tertiary/aromatic N) is 1. The molecule has 2 aromatic rings. The number of methoxy groups -OCH3 is 1. The van der Waals surface area contributed by atoms with Crippen molar-refractivity contribution < 1.29 is 33.4 Å². The predicted molar refractivity (Wildman–Crippen MR) is 145 cm³/mol. The first kappa shape index (κ1) is 27.5. The third-order valence-electron chi connectivity index (χ3n) is 5.16. The Hall–Kier alpha value is -3.06. The second-order valence-corrected chi connectivity index (χ2v) is 9.90. The number of hydrogen-bond donors (Lipinski definition) is 1. The van der Waals surface area contributed by atoms with Crippen LogP contribution in [0.25, 0.3) is 6.08 Å². The molecule has 0 aromatic heterocycles. The van der Waals surface area contributed by atoms with Gasteiger partial charge < -0.3 is 19.5 Å². The van der Waals surface area contributed by atoms with Crippen LogP contribution in [-0.4, -0.2) is 54.8 Å². The summed E-state index contributed by atoms with van der Waals surface area (Å²) in [5.74, 6) is -0.809. The highest BCUT2D eigenvalue weighted by Gasteiger charge is 2.36. The minimum absolute atomic E-state index is 0.181. The van der Waals surface area contributed by atoms with Crippen molar-refractivity contribution >= 4 is 69.1 Å². The number of nitrogens with one attached hydrogen (secondary N) is 1. The predicted octanol–water partition coefficient (Wildman–Crippen LogP) is 4.53. The molecule has 0 spiro atoms. The van der Waals surface area contributed by atoms with Crippen molar-refractivity contribution in [3.05, 3.63) is 55.5 Å². The summed E-state index contributed by atoms with van der Waals surface area (Å²) in [5, 5.41) is 2.20. The van der Waals surface area contributed by atoms with Gasteiger partial charge in [0.2, 0.25) is 5.91 Å². The van der Waals surface area contributed by atoms with Gasteiger partial charge in [0.1, 0.15) is 6.54 Å². The lowest BCUT2D eigenvalue weighted by Gasteiger charge is -2.14. The fraction of sp³-hybridized carbons (Fsp3) is 0.280. The van der Waals surface area contributed by atoms with Gasteiger partial charge in [-0.1, -0.05) is 6.07 Å². The Balaban J connectivity index is 1.76. The van der Waals surface area contributed by atoms with E-state index in [1.807, 2.05) is 48.6 Å². The molecule has 190 valence electrons. The molecule has 2 aromatic carbocycles. The Morgan fingerprint density at radius 3 is 2.53 bits per heavy atom. The van der Waals surface area contributed by atoms with Crippen molar-refractivity contribution in [3.8, 4) is 11.5 Å². The largest absolute Gasteiger partial charge is 0.490 e. The molecular formula is C25H25IN2O7S. The molecule has 3 rings (SSSR count). The van der Waals surface area contributed by atoms with Gasteiger partial charge in [-0.15, -0.1) is 0 Å². The number of thioether (sulfide) groups is 1. The molecule has 0 aliphatic carbocycles. The SMILES string of the molecule is CCOc1cc(/C=C2/SC(=O)N(CC(=O)Nc3ccc(C)c(C)c3)C2=O)cc(I)c1OCC(=O)OC. The smallest absolute Gasteiger partial charge is 0.343 e. The summed E-state index contributed by atoms with van der Waals surface area (Å²) in [7, 11) is 1.27. The van der Waals surface area contributed by atoms with Crippen LogP contribution in [0.15, 0.2) is 35.2 Å². The van der Waals surface area contributed by atoms with Crippen LogP contribution in [0.1, 0.15) is 23.6 Å². The fourth-order valence-corrected chi connectivity index (χ4v) is 4.83. The van der Waals surface area contributed by atoms with Crippen molar-refractivity contribution in [2.75, 3.05) is 32.2 Å². The number of rotatable bonds is 9. The van der Waals surface area contributed by atoms with Crippen LogP contribution in [-0.2, 0) is 19.1 Å². The minimum Gasteiger partial charge on any atom is -0.490 e. The van der Waals surface area contributed by atoms with Crippen LogP contribution in [0, 0.1) is 17.4 Å². The van der Waals surface area contributed by atoms with Crippen LogP contribution in [0.4, 0.5) is 10.5 Å². The molecule has 9 nitrogen and oxygen atoms in total. The monoisotopic (exact) mass is 624 g/mol. The number of carbonyl (C=O) groups is 4. The van der Waals surface area contributed by atoms with Gasteiger partial charge in [0.05, 0.1) is 22.2 Å². The molecule has 1 N–H and O–H groups in total. The molecule has 0 saturated carbocycles. The third kappa shape index (κ3) is 6.78. The second-order valence-electron chi connectivity index (χ2n) is 7.74. The van der Waals surface area contributed by atoms with Crippen molar-refractivity contribution in [1.29, 1.82) is 0 Å². The van der Waals surface area contributed by atoms with E-state index in [1.54, 1.807) is 31.2 Å². The molecule has 0 radical (unpaired) electrons. The number of amides is 3. The number of hydrogen-bond acceptors (Lipinski definition) is 8. The number of anilines is 1. The zero-order valence-corrected chi connectivity index (χ0v) is 23.2. The summed E-state index contributed by atoms with van der Waals surface area (Å²) >= 11 is 2.79. The molecular weight excluding hydrogens is 599 g/mol. The summed E-state index contributed by atoms with van der Waals surface area (Å²) in [5.41, 5.74) is 3.30. The van der Waals surface area contributed by atoms with E-state index < -0.39 is 29.6 Å². The van der Waals surface area contributed by atoms with Gasteiger partial charge in [-0.05, 0) is 102 Å². The summed E-state index contributed by atoms with van der Waals surface area (Å²) in [6.07, 6.45) is 1.56. The zero-order valence-electron chi connectivity index (χ0n) is 20.2. The van der Waals surface area contributed by atoms with E-state index >= 15 is 0 Å². The molecule has 0 atom stereocenters. The number of aryl methyl sites for hydroxylation is 2. The normalized spacial score (nSPS) is 14.2. The Bertz CT molecular complexity index is 1250. The summed E-state index contributed by atoms with van der Waals surface area (Å²) in [4.78, 5) is 50.5. The number of ether oxygens (including phenoxy) is 3. The summed E-state index contributed by atoms with van der Waals surface area (Å²) < 4.78 is 16.4. The molecule has 36 heavy (non-hydrogen) atoms. The lowest BCUT2D eigenvalue weighted by molar-refractivity contribution is -0.143. The van der Waals surface area contributed by atoms with E-state index in [1.165, 1.54) is 7.11 Å². The van der Waals surface area contributed by atoms with Crippen molar-refractivity contribution in [3.63, 3.8) is 0 Å². The number of benzene rings is 2. The first-order chi connectivity index (χ1) is 17.1. The van der Waals surface area contributed by atoms with Gasteiger partial charge in [0, 0.05) is 5.69 Å². The Labute approximate surface area is 226 Å². The number of imide groups is 1. The standard InChI is InChI=1S/C25H25IN2O7S/c1-5-34-19-10-16(9-18(26)23(19)35-13-22(30)33-4)11-20-24(31)28(25(32)36-20)12-21(29)27-17-7-6-14(2)15(3)8-17/h6-11H,5,12-13H2,1-4H3,(H,27,29)/b20-11+. The van der Waals surface area contributed by atoms with E-state index in [0.717, 1.165) is 27.8 Å². The quantitative estimate of drug-likeness (QED) is 0.246. The maximum Gasteiger partial charge on any atom is 0.343 e. The lowest BCUT2D eigenvalue weighted by atomic mass is 10.1. The van der Waals surface area contributed by atoms with Crippen LogP contribution in [0.2, 0.25) is 0 Å². The maximum absolute atomic E-state index is 12.9. The van der Waals surface area contributed by atoms with Gasteiger partial charge in [-0.25, -0.2) is 4.79 Å². The average molecular weight is 624 g/mol. The molecule has 3 amide bonds. The van der Waals surface area contributed by atoms with Gasteiger partial charge in [0.25, 0.3) is 11.1 Å². The highest BCUT2D eigenvalue weighted by molar-refractivity contribution is 14.1. The Morgan fingerprint density at radius 2 is 1.86 bits per heavy atom. The van der Waals surface area contributed by atoms with Crippen LogP contribution < -0.4 is 14.8 Å². The maximum atomic E-state index is 12.9. The van der Waals surface area contributed by atoms with Gasteiger partial charge >= 0.3 is 5.97 Å². The summed E-state index contributed by atoms with van der Waals surface area (Å²) in [6, 6.07) is 8.87. The highest BCUT2D eigenvalue weighted by atomic mass is 127. The van der Waals surface area contributed by atoms with Crippen molar-refractivity contribution in [1.82, 2.24) is 4.90 Å². The summed E-state index contributed by atoms with van der Waals surface area (Å²) in [6.45, 7) is 5.38. The fourth-order valence-electron chi connectivity index (χ4n) is 3.22. The molecule has 1 aliphatic rings. The molecule has 1 saturated heterocycles. The number of esters is 1. The molecule has 0 unspecified atom stereocenters. The van der Waals surface area contributed by atoms with Crippen molar-refractivity contribution in [2.45, 2.75) is 20.8 Å². The topological polar surface area (TPSA) is 111 Å². The zero-order chi connectivity index (χ0) is 26.4. The number of carbonyl (C=O) groups excluding carboxylic acids is 4. The van der Waals surface area contributed by atoms with E-state index in [-0.39, 0.29) is 11.5 Å². The first-order valence-electron chi connectivity index (χ1n) is 10.9. The van der Waals surface area contributed by atoms with Gasteiger partial charge in [-0.2, -0.15) is 0 Å². The first-order valence-corrected chi connectivity index (χ1v) is 12.8. The third-order valence-corrected chi connectivity index (χ3v) is 6.87. The van der Waals surface area contributed by atoms with E-state index in [9.17, 15) is 19.2 Å². The van der Waals surface area contributed by atoms with E-state index in [2.05, 4.69) is 10.1 Å².